The Labute approximate surface area is 178 Å². The van der Waals surface area contributed by atoms with Crippen LogP contribution in [-0.2, 0) is 26.9 Å². The van der Waals surface area contributed by atoms with Gasteiger partial charge in [0.2, 0.25) is 0 Å². The summed E-state index contributed by atoms with van der Waals surface area (Å²) in [5.41, 5.74) is 6.22. The van der Waals surface area contributed by atoms with Crippen LogP contribution in [0.5, 0.6) is 5.75 Å². The zero-order valence-corrected chi connectivity index (χ0v) is 18.6. The molecular weight excluding hydrogens is 386 g/mol. The number of benzene rings is 1. The Hall–Kier alpha value is -1.05. The summed E-state index contributed by atoms with van der Waals surface area (Å²) in [5, 5.41) is 0. The number of hydrogen-bond acceptors (Lipinski definition) is 6. The molecule has 1 aromatic carbocycles. The minimum absolute atomic E-state index is 0.365. The molecule has 4 atom stereocenters. The average Bonchev–Trinajstić information content (AvgIpc) is 3.07. The highest BCUT2D eigenvalue weighted by Gasteiger charge is 2.52. The van der Waals surface area contributed by atoms with Crippen LogP contribution < -0.4 is 10.1 Å². The average molecular weight is 420 g/mol. The lowest BCUT2D eigenvalue weighted by Crippen LogP contribution is -2.40. The Balaban J connectivity index is 1.59. The number of fused-ring (bicyclic) bond motifs is 5. The summed E-state index contributed by atoms with van der Waals surface area (Å²) in [6.07, 6.45) is 10.8. The van der Waals surface area contributed by atoms with Crippen LogP contribution in [0.2, 0.25) is 0 Å². The largest absolute Gasteiger partial charge is 0.398 e. The summed E-state index contributed by atoms with van der Waals surface area (Å²) in [4.78, 5) is 4.13. The van der Waals surface area contributed by atoms with Crippen LogP contribution in [0.25, 0.3) is 0 Å². The molecule has 0 amide bonds. The molecule has 0 unspecified atom stereocenters. The van der Waals surface area contributed by atoms with Crippen LogP contribution in [-0.4, -0.2) is 13.7 Å². The topological polar surface area (TPSA) is 62.9 Å². The molecule has 3 aliphatic rings. The maximum Gasteiger partial charge on any atom is 0.260 e. The summed E-state index contributed by atoms with van der Waals surface area (Å²) >= 11 is 0.764. The van der Waals surface area contributed by atoms with Crippen molar-refractivity contribution in [2.45, 2.75) is 64.7 Å². The van der Waals surface area contributed by atoms with Crippen LogP contribution >= 0.6 is 12.3 Å². The number of rotatable bonds is 7. The number of nitrogens with two attached hydrogens (primary N) is 1. The number of allylic oxidation sites excluding steroid dienone is 1. The molecule has 0 radical (unpaired) electrons. The van der Waals surface area contributed by atoms with Gasteiger partial charge in [-0.05, 0) is 90.9 Å². The van der Waals surface area contributed by atoms with Crippen LogP contribution in [0.4, 0.5) is 0 Å². The third kappa shape index (κ3) is 3.86. The van der Waals surface area contributed by atoms with Crippen molar-refractivity contribution in [3.8, 4) is 5.75 Å². The molecule has 2 saturated carbocycles. The van der Waals surface area contributed by atoms with E-state index in [2.05, 4.69) is 41.4 Å². The molecule has 6 heteroatoms. The second kappa shape index (κ2) is 8.98. The fraction of sp³-hybridized carbons (Fsp3) is 0.652. The SMILES string of the molecule is CCc1cc2c(cc1OSOON)CC[C@@H]1[C@@H]2CC[C@]2(C)/C(=C/COC)CC[C@@H]12. The summed E-state index contributed by atoms with van der Waals surface area (Å²) in [6.45, 7) is 5.43. The van der Waals surface area contributed by atoms with Gasteiger partial charge in [-0.1, -0.05) is 31.6 Å². The molecule has 160 valence electrons. The number of hydrogen-bond donors (Lipinski definition) is 1. The van der Waals surface area contributed by atoms with Gasteiger partial charge in [-0.15, -0.1) is 9.32 Å². The molecule has 29 heavy (non-hydrogen) atoms. The van der Waals surface area contributed by atoms with Crippen LogP contribution in [0, 0.1) is 17.3 Å². The van der Waals surface area contributed by atoms with Gasteiger partial charge in [-0.2, -0.15) is 5.90 Å². The number of methoxy groups -OCH3 is 1. The predicted octanol–water partition coefficient (Wildman–Crippen LogP) is 5.44. The Kier molecular flexibility index (Phi) is 6.56. The first-order valence-corrected chi connectivity index (χ1v) is 11.5. The minimum atomic E-state index is 0.365. The third-order valence-electron chi connectivity index (χ3n) is 7.82. The lowest BCUT2D eigenvalue weighted by molar-refractivity contribution is -0.199. The lowest BCUT2D eigenvalue weighted by Gasteiger charge is -2.49. The van der Waals surface area contributed by atoms with Crippen molar-refractivity contribution in [1.29, 1.82) is 0 Å². The van der Waals surface area contributed by atoms with Crippen molar-refractivity contribution >= 4 is 12.3 Å². The standard InChI is InChI=1S/C23H33NO4S/c1-4-15-13-20-16(14-22(15)26-29-28-27-24)5-7-19-18(20)9-11-23(2)17(10-12-25-3)6-8-21(19)23/h10,13-14,18-19,21H,4-9,11-12,24H2,1-3H3/b17-10+/t18-,19+,21-,23+/m0/s1. The summed E-state index contributed by atoms with van der Waals surface area (Å²) in [6, 6.07) is 4.61. The van der Waals surface area contributed by atoms with Gasteiger partial charge >= 0.3 is 0 Å². The lowest BCUT2D eigenvalue weighted by atomic mass is 9.55. The second-order valence-electron chi connectivity index (χ2n) is 8.92. The van der Waals surface area contributed by atoms with E-state index in [1.54, 1.807) is 18.2 Å². The molecule has 2 fully saturated rings. The second-order valence-corrected chi connectivity index (χ2v) is 9.36. The molecule has 0 saturated heterocycles. The smallest absolute Gasteiger partial charge is 0.260 e. The fourth-order valence-corrected chi connectivity index (χ4v) is 6.72. The quantitative estimate of drug-likeness (QED) is 0.209. The molecule has 0 spiro atoms. The molecule has 0 aromatic heterocycles. The van der Waals surface area contributed by atoms with E-state index in [0.29, 0.717) is 11.3 Å². The molecular formula is C23H33NO4S. The Morgan fingerprint density at radius 3 is 2.86 bits per heavy atom. The molecule has 0 aliphatic heterocycles. The zero-order chi connectivity index (χ0) is 20.4. The van der Waals surface area contributed by atoms with E-state index in [0.717, 1.165) is 49.4 Å². The van der Waals surface area contributed by atoms with Gasteiger partial charge in [0.25, 0.3) is 12.3 Å². The number of ether oxygens (including phenoxy) is 1. The van der Waals surface area contributed by atoms with Crippen LogP contribution in [0.15, 0.2) is 23.8 Å². The Morgan fingerprint density at radius 1 is 1.24 bits per heavy atom. The van der Waals surface area contributed by atoms with E-state index < -0.39 is 0 Å². The highest BCUT2D eigenvalue weighted by Crippen LogP contribution is 2.63. The number of aryl methyl sites for hydroxylation is 2. The maximum absolute atomic E-state index is 5.68. The zero-order valence-electron chi connectivity index (χ0n) is 17.7. The van der Waals surface area contributed by atoms with E-state index in [-0.39, 0.29) is 0 Å². The summed E-state index contributed by atoms with van der Waals surface area (Å²) in [7, 11) is 1.79. The van der Waals surface area contributed by atoms with Crippen LogP contribution in [0.1, 0.15) is 68.6 Å². The molecule has 2 N–H and O–H groups in total. The van der Waals surface area contributed by atoms with E-state index in [9.17, 15) is 0 Å². The minimum Gasteiger partial charge on any atom is -0.398 e. The van der Waals surface area contributed by atoms with Crippen molar-refractivity contribution < 1.29 is 18.2 Å². The van der Waals surface area contributed by atoms with Gasteiger partial charge in [0.05, 0.1) is 6.61 Å². The normalized spacial score (nSPS) is 32.0. The summed E-state index contributed by atoms with van der Waals surface area (Å²) < 4.78 is 15.6. The van der Waals surface area contributed by atoms with Gasteiger partial charge in [-0.3, -0.25) is 0 Å². The van der Waals surface area contributed by atoms with E-state index in [1.807, 2.05) is 0 Å². The first-order chi connectivity index (χ1) is 14.1. The highest BCUT2D eigenvalue weighted by molar-refractivity contribution is 7.90. The monoisotopic (exact) mass is 419 g/mol. The van der Waals surface area contributed by atoms with Crippen molar-refractivity contribution in [1.82, 2.24) is 0 Å². The molecule has 0 heterocycles. The third-order valence-corrected chi connectivity index (χ3v) is 8.20. The van der Waals surface area contributed by atoms with E-state index >= 15 is 0 Å². The summed E-state index contributed by atoms with van der Waals surface area (Å²) in [5.74, 6) is 8.02. The molecule has 0 bridgehead atoms. The highest BCUT2D eigenvalue weighted by atomic mass is 32.2. The molecule has 5 nitrogen and oxygen atoms in total. The predicted molar refractivity (Wildman–Crippen MR) is 115 cm³/mol. The first kappa shape index (κ1) is 21.2. The van der Waals surface area contributed by atoms with Crippen molar-refractivity contribution in [3.05, 3.63) is 40.5 Å². The van der Waals surface area contributed by atoms with Gasteiger partial charge in [0, 0.05) is 7.11 Å². The molecule has 4 rings (SSSR count). The van der Waals surface area contributed by atoms with Gasteiger partial charge < -0.3 is 8.92 Å². The van der Waals surface area contributed by atoms with Gasteiger partial charge in [-0.25, -0.2) is 0 Å². The fourth-order valence-electron chi connectivity index (χ4n) is 6.43. The maximum atomic E-state index is 5.68. The molecule has 1 aromatic rings. The molecule has 3 aliphatic carbocycles. The van der Waals surface area contributed by atoms with E-state index in [4.69, 9.17) is 14.8 Å². The van der Waals surface area contributed by atoms with Gasteiger partial charge in [0.1, 0.15) is 5.75 Å². The Morgan fingerprint density at radius 2 is 2.10 bits per heavy atom. The van der Waals surface area contributed by atoms with Gasteiger partial charge in [0.15, 0.2) is 0 Å². The van der Waals surface area contributed by atoms with Crippen molar-refractivity contribution in [2.75, 3.05) is 13.7 Å². The Bertz CT molecular complexity index is 767. The first-order valence-electron chi connectivity index (χ1n) is 10.8. The van der Waals surface area contributed by atoms with Crippen molar-refractivity contribution in [2.24, 2.45) is 23.1 Å². The van der Waals surface area contributed by atoms with Crippen molar-refractivity contribution in [3.63, 3.8) is 0 Å². The van der Waals surface area contributed by atoms with E-state index in [1.165, 1.54) is 43.2 Å². The van der Waals surface area contributed by atoms with Crippen LogP contribution in [0.3, 0.4) is 0 Å².